The van der Waals surface area contributed by atoms with Gasteiger partial charge in [0, 0.05) is 26.5 Å². The number of carbonyl (C=O) groups excluding carboxylic acids is 3. The summed E-state index contributed by atoms with van der Waals surface area (Å²) in [6, 6.07) is 1.06. The molecule has 0 aliphatic carbocycles. The van der Waals surface area contributed by atoms with Crippen LogP contribution >= 0.6 is 22.6 Å². The Morgan fingerprint density at radius 1 is 0.967 bits per heavy atom. The number of hydrogen-bond donors (Lipinski definition) is 0. The van der Waals surface area contributed by atoms with E-state index in [0.29, 0.717) is 13.0 Å². The zero-order chi connectivity index (χ0) is 23.6. The molecule has 0 aromatic rings. The Labute approximate surface area is 197 Å². The topological polar surface area (TPSA) is 69.7 Å². The normalized spacial score (nSPS) is 17.7. The third kappa shape index (κ3) is 10.8. The van der Waals surface area contributed by atoms with Crippen molar-refractivity contribution in [2.75, 3.05) is 13.4 Å². The van der Waals surface area contributed by atoms with Crippen molar-refractivity contribution in [2.45, 2.75) is 79.8 Å². The minimum atomic E-state index is -1.15. The molecule has 0 rings (SSSR count). The Kier molecular flexibility index (Phi) is 13.7. The number of ketones is 3. The number of carbonyl (C=O) groups is 3. The quantitative estimate of drug-likeness (QED) is 0.0859. The minimum absolute atomic E-state index is 0.150. The molecule has 0 spiro atoms. The molecule has 0 aliphatic heterocycles. The van der Waals surface area contributed by atoms with E-state index in [-0.39, 0.29) is 36.2 Å². The lowest BCUT2D eigenvalue weighted by molar-refractivity contribution is -0.145. The fraction of sp³-hybridized carbons (Fsp3) is 0.783. The van der Waals surface area contributed by atoms with E-state index in [4.69, 9.17) is 9.47 Å². The van der Waals surface area contributed by atoms with Crippen molar-refractivity contribution >= 4 is 48.0 Å². The monoisotopic (exact) mass is 552 g/mol. The maximum atomic E-state index is 12.9. The van der Waals surface area contributed by atoms with E-state index in [0.717, 1.165) is 9.62 Å². The molecule has 0 amide bonds. The second-order valence-electron chi connectivity index (χ2n) is 9.43. The van der Waals surface area contributed by atoms with Crippen LogP contribution in [0.25, 0.3) is 0 Å². The van der Waals surface area contributed by atoms with Gasteiger partial charge in [0.25, 0.3) is 0 Å². The lowest BCUT2D eigenvalue weighted by atomic mass is 9.81. The van der Waals surface area contributed by atoms with Crippen LogP contribution in [0, 0.1) is 23.7 Å². The van der Waals surface area contributed by atoms with Gasteiger partial charge < -0.3 is 9.47 Å². The highest BCUT2D eigenvalue weighted by Crippen LogP contribution is 2.22. The van der Waals surface area contributed by atoms with Gasteiger partial charge in [0.05, 0.1) is 17.9 Å². The van der Waals surface area contributed by atoms with Crippen molar-refractivity contribution < 1.29 is 23.9 Å². The van der Waals surface area contributed by atoms with Gasteiger partial charge in [-0.1, -0.05) is 46.5 Å². The molecule has 5 atom stereocenters. The fourth-order valence-corrected chi connectivity index (χ4v) is 4.54. The molecule has 0 aliphatic rings. The van der Waals surface area contributed by atoms with Gasteiger partial charge in [-0.3, -0.25) is 14.4 Å². The molecule has 5 nitrogen and oxygen atoms in total. The molecule has 0 N–H and O–H groups in total. The first-order valence-electron chi connectivity index (χ1n) is 10.9. The number of halogens is 1. The summed E-state index contributed by atoms with van der Waals surface area (Å²) in [5.41, 5.74) is 0. The third-order valence-corrected chi connectivity index (χ3v) is 7.47. The number of hydrogen-bond acceptors (Lipinski definition) is 5. The first-order chi connectivity index (χ1) is 13.7. The van der Waals surface area contributed by atoms with Gasteiger partial charge in [0.15, 0.2) is 5.78 Å². The molecule has 174 valence electrons. The maximum absolute atomic E-state index is 12.9. The average Bonchev–Trinajstić information content (AvgIpc) is 2.65. The summed E-state index contributed by atoms with van der Waals surface area (Å²) in [5, 5.41) is 0. The van der Waals surface area contributed by atoms with Crippen molar-refractivity contribution in [3.05, 3.63) is 9.66 Å². The number of Topliss-reactive ketones (excluding diaryl/α,β-unsaturated/α-hetero) is 3. The van der Waals surface area contributed by atoms with Crippen LogP contribution < -0.4 is 0 Å². The standard InChI is InChI=1S/C23H41IO5Si/c1-10-20(29-14-28-11-12-30(7,8)9)17(4)22(26)19(6)23(27)18(5)21(25)15(2)13-16(3)24/h13,15,17-20H,10-12,14H2,1-9H3/b16-13+/t15-,17+,18?,19?,20+/m1/s1. The average molecular weight is 553 g/mol. The van der Waals surface area contributed by atoms with E-state index in [1.54, 1.807) is 27.7 Å². The van der Waals surface area contributed by atoms with Gasteiger partial charge in [-0.25, -0.2) is 0 Å². The molecule has 0 fully saturated rings. The van der Waals surface area contributed by atoms with Gasteiger partial charge in [0.1, 0.15) is 18.4 Å². The molecule has 0 saturated heterocycles. The first-order valence-corrected chi connectivity index (χ1v) is 15.7. The Bertz CT molecular complexity index is 607. The maximum Gasteiger partial charge on any atom is 0.153 e. The summed E-state index contributed by atoms with van der Waals surface area (Å²) in [4.78, 5) is 38.3. The van der Waals surface area contributed by atoms with E-state index < -0.39 is 25.8 Å². The third-order valence-electron chi connectivity index (χ3n) is 5.41. The van der Waals surface area contributed by atoms with Gasteiger partial charge in [-0.15, -0.1) is 0 Å². The van der Waals surface area contributed by atoms with Crippen LogP contribution in [0.1, 0.15) is 48.0 Å². The summed E-state index contributed by atoms with van der Waals surface area (Å²) >= 11 is 2.14. The van der Waals surface area contributed by atoms with E-state index in [9.17, 15) is 14.4 Å². The van der Waals surface area contributed by atoms with Gasteiger partial charge in [0.2, 0.25) is 0 Å². The number of ether oxygens (including phenoxy) is 2. The van der Waals surface area contributed by atoms with Crippen molar-refractivity contribution in [3.63, 3.8) is 0 Å². The zero-order valence-corrected chi connectivity index (χ0v) is 23.4. The molecule has 0 aromatic heterocycles. The fourth-order valence-electron chi connectivity index (χ4n) is 3.24. The van der Waals surface area contributed by atoms with Crippen LogP contribution in [0.15, 0.2) is 9.66 Å². The zero-order valence-electron chi connectivity index (χ0n) is 20.2. The molecule has 7 heteroatoms. The van der Waals surface area contributed by atoms with Crippen LogP contribution in [-0.2, 0) is 23.9 Å². The molecule has 0 bridgehead atoms. The second kappa shape index (κ2) is 13.9. The minimum Gasteiger partial charge on any atom is -0.356 e. The van der Waals surface area contributed by atoms with Crippen molar-refractivity contribution in [3.8, 4) is 0 Å². The van der Waals surface area contributed by atoms with Crippen molar-refractivity contribution in [1.82, 2.24) is 0 Å². The van der Waals surface area contributed by atoms with Crippen molar-refractivity contribution in [1.29, 1.82) is 0 Å². The van der Waals surface area contributed by atoms with Crippen LogP contribution in [0.2, 0.25) is 25.7 Å². The largest absolute Gasteiger partial charge is 0.356 e. The summed E-state index contributed by atoms with van der Waals surface area (Å²) < 4.78 is 12.4. The molecule has 30 heavy (non-hydrogen) atoms. The Balaban J connectivity index is 4.85. The number of rotatable bonds is 15. The summed E-state index contributed by atoms with van der Waals surface area (Å²) in [7, 11) is -1.15. The Morgan fingerprint density at radius 2 is 1.50 bits per heavy atom. The SMILES string of the molecule is CC[C@H](OCOCC[Si](C)(C)C)[C@H](C)C(=O)C(C)C(=O)C(C)C(=O)[C@H](C)/C=C(\C)I. The lowest BCUT2D eigenvalue weighted by Gasteiger charge is -2.25. The Morgan fingerprint density at radius 3 is 1.97 bits per heavy atom. The molecule has 0 saturated carbocycles. The predicted octanol–water partition coefficient (Wildman–Crippen LogP) is 5.68. The van der Waals surface area contributed by atoms with Crippen LogP contribution in [0.4, 0.5) is 0 Å². The van der Waals surface area contributed by atoms with E-state index in [1.165, 1.54) is 0 Å². The van der Waals surface area contributed by atoms with Crippen LogP contribution in [0.3, 0.4) is 0 Å². The molecular weight excluding hydrogens is 511 g/mol. The molecule has 2 unspecified atom stereocenters. The smallest absolute Gasteiger partial charge is 0.153 e. The van der Waals surface area contributed by atoms with E-state index in [2.05, 4.69) is 42.2 Å². The van der Waals surface area contributed by atoms with E-state index in [1.807, 2.05) is 19.9 Å². The highest BCUT2D eigenvalue weighted by atomic mass is 127. The van der Waals surface area contributed by atoms with Crippen molar-refractivity contribution in [2.24, 2.45) is 23.7 Å². The first kappa shape index (κ1) is 29.6. The Hall–Kier alpha value is -0.383. The summed E-state index contributed by atoms with van der Waals surface area (Å²) in [6.45, 7) is 18.3. The van der Waals surface area contributed by atoms with Gasteiger partial charge in [-0.05, 0) is 59.4 Å². The van der Waals surface area contributed by atoms with E-state index >= 15 is 0 Å². The molecule has 0 aromatic carbocycles. The van der Waals surface area contributed by atoms with Crippen LogP contribution in [0.5, 0.6) is 0 Å². The summed E-state index contributed by atoms with van der Waals surface area (Å²) in [5.74, 6) is -3.06. The highest BCUT2D eigenvalue weighted by Gasteiger charge is 2.35. The lowest BCUT2D eigenvalue weighted by Crippen LogP contribution is -2.38. The van der Waals surface area contributed by atoms with Crippen LogP contribution in [-0.4, -0.2) is 44.9 Å². The molecule has 0 radical (unpaired) electrons. The van der Waals surface area contributed by atoms with Gasteiger partial charge in [-0.2, -0.15) is 0 Å². The second-order valence-corrected chi connectivity index (χ2v) is 16.8. The number of allylic oxidation sites excluding steroid dienone is 2. The highest BCUT2D eigenvalue weighted by molar-refractivity contribution is 14.1. The molecular formula is C23H41IO5Si. The summed E-state index contributed by atoms with van der Waals surface area (Å²) in [6.07, 6.45) is 2.18. The van der Waals surface area contributed by atoms with Gasteiger partial charge >= 0.3 is 0 Å². The molecule has 0 heterocycles. The predicted molar refractivity (Wildman–Crippen MR) is 134 cm³/mol.